The summed E-state index contributed by atoms with van der Waals surface area (Å²) in [6.07, 6.45) is 5.37. The highest BCUT2D eigenvalue weighted by molar-refractivity contribution is 5.89. The number of nitrogens with zero attached hydrogens (tertiary/aromatic N) is 5. The van der Waals surface area contributed by atoms with Crippen molar-refractivity contribution < 1.29 is 14.3 Å². The van der Waals surface area contributed by atoms with Crippen LogP contribution in [-0.2, 0) is 11.4 Å². The Morgan fingerprint density at radius 3 is 2.47 bits per heavy atom. The summed E-state index contributed by atoms with van der Waals surface area (Å²) in [5, 5.41) is 5.50. The smallest absolute Gasteiger partial charge is 0.319 e. The molecule has 1 aliphatic heterocycles. The quantitative estimate of drug-likeness (QED) is 0.529. The van der Waals surface area contributed by atoms with Crippen LogP contribution in [0.25, 0.3) is 0 Å². The number of carbonyl (C=O) groups is 2. The molecular formula is C24H27N7O3. The number of anilines is 2. The Balaban J connectivity index is 1.16. The summed E-state index contributed by atoms with van der Waals surface area (Å²) in [5.41, 5.74) is 1.42. The number of hydrogen-bond donors (Lipinski definition) is 2. The summed E-state index contributed by atoms with van der Waals surface area (Å²) in [5.74, 6) is 1.32. The van der Waals surface area contributed by atoms with Gasteiger partial charge >= 0.3 is 6.03 Å². The normalized spacial score (nSPS) is 13.3. The summed E-state index contributed by atoms with van der Waals surface area (Å²) in [4.78, 5) is 41.3. The van der Waals surface area contributed by atoms with E-state index in [2.05, 4.69) is 30.5 Å². The minimum atomic E-state index is -0.374. The maximum atomic E-state index is 12.5. The van der Waals surface area contributed by atoms with Gasteiger partial charge in [-0.15, -0.1) is 0 Å². The Morgan fingerprint density at radius 1 is 0.912 bits per heavy atom. The van der Waals surface area contributed by atoms with Gasteiger partial charge in [-0.1, -0.05) is 12.1 Å². The van der Waals surface area contributed by atoms with E-state index in [9.17, 15) is 9.59 Å². The number of rotatable bonds is 8. The van der Waals surface area contributed by atoms with Crippen LogP contribution in [0.3, 0.4) is 0 Å². The number of piperazine rings is 1. The molecule has 2 aromatic heterocycles. The molecule has 10 heteroatoms. The lowest BCUT2D eigenvalue weighted by Gasteiger charge is -2.34. The molecule has 3 aromatic rings. The molecule has 2 N–H and O–H groups in total. The average Bonchev–Trinajstić information content (AvgIpc) is 2.89. The molecule has 1 aromatic carbocycles. The van der Waals surface area contributed by atoms with Crippen LogP contribution < -0.4 is 20.3 Å². The Kier molecular flexibility index (Phi) is 7.83. The van der Waals surface area contributed by atoms with Crippen molar-refractivity contribution in [2.24, 2.45) is 0 Å². The van der Waals surface area contributed by atoms with Gasteiger partial charge in [0, 0.05) is 69.5 Å². The van der Waals surface area contributed by atoms with Crippen molar-refractivity contribution in [1.82, 2.24) is 25.2 Å². The molecule has 3 amide bonds. The zero-order valence-electron chi connectivity index (χ0n) is 18.8. The summed E-state index contributed by atoms with van der Waals surface area (Å²) in [6.45, 7) is 3.17. The molecule has 1 saturated heterocycles. The largest absolute Gasteiger partial charge is 0.487 e. The first-order valence-corrected chi connectivity index (χ1v) is 11.1. The van der Waals surface area contributed by atoms with E-state index in [-0.39, 0.29) is 24.9 Å². The fourth-order valence-electron chi connectivity index (χ4n) is 3.53. The average molecular weight is 462 g/mol. The van der Waals surface area contributed by atoms with Gasteiger partial charge in [-0.3, -0.25) is 9.78 Å². The van der Waals surface area contributed by atoms with Gasteiger partial charge in [0.25, 0.3) is 0 Å². The Morgan fingerprint density at radius 2 is 1.71 bits per heavy atom. The number of pyridine rings is 1. The third-order valence-corrected chi connectivity index (χ3v) is 5.30. The van der Waals surface area contributed by atoms with Crippen LogP contribution in [0.15, 0.2) is 67.1 Å². The zero-order valence-corrected chi connectivity index (χ0v) is 18.8. The summed E-state index contributed by atoms with van der Waals surface area (Å²) in [7, 11) is 0. The van der Waals surface area contributed by atoms with Gasteiger partial charge in [-0.05, 0) is 30.3 Å². The van der Waals surface area contributed by atoms with Gasteiger partial charge in [0.2, 0.25) is 11.9 Å². The van der Waals surface area contributed by atoms with Gasteiger partial charge in [-0.25, -0.2) is 14.8 Å². The molecule has 1 aliphatic rings. The van der Waals surface area contributed by atoms with Crippen molar-refractivity contribution in [2.45, 2.75) is 13.0 Å². The fourth-order valence-corrected chi connectivity index (χ4v) is 3.53. The second-order valence-corrected chi connectivity index (χ2v) is 7.69. The number of ether oxygens (including phenoxy) is 1. The number of benzene rings is 1. The minimum Gasteiger partial charge on any atom is -0.487 e. The van der Waals surface area contributed by atoms with Crippen molar-refractivity contribution in [3.05, 3.63) is 72.8 Å². The number of amides is 3. The van der Waals surface area contributed by atoms with E-state index >= 15 is 0 Å². The standard InChI is InChI=1S/C24H27N7O3/c32-22(30-13-15-31(16-14-30)23-26-10-4-11-27-23)8-12-28-24(33)29-19-6-3-7-21(17-19)34-18-20-5-1-2-9-25-20/h1-7,9-11,17H,8,12-16,18H2,(H2,28,29,33). The molecule has 0 radical (unpaired) electrons. The van der Waals surface area contributed by atoms with E-state index in [0.29, 0.717) is 50.2 Å². The van der Waals surface area contributed by atoms with Crippen molar-refractivity contribution >= 4 is 23.6 Å². The van der Waals surface area contributed by atoms with E-state index in [1.165, 1.54) is 0 Å². The summed E-state index contributed by atoms with van der Waals surface area (Å²) >= 11 is 0. The first-order valence-electron chi connectivity index (χ1n) is 11.1. The topological polar surface area (TPSA) is 113 Å². The van der Waals surface area contributed by atoms with Crippen LogP contribution in [-0.4, -0.2) is 64.5 Å². The molecule has 0 saturated carbocycles. The molecule has 10 nitrogen and oxygen atoms in total. The molecule has 0 bridgehead atoms. The van der Waals surface area contributed by atoms with E-state index < -0.39 is 0 Å². The van der Waals surface area contributed by atoms with Crippen molar-refractivity contribution in [2.75, 3.05) is 42.9 Å². The highest BCUT2D eigenvalue weighted by Gasteiger charge is 2.22. The van der Waals surface area contributed by atoms with Crippen molar-refractivity contribution in [3.8, 4) is 5.75 Å². The third-order valence-electron chi connectivity index (χ3n) is 5.30. The number of carbonyl (C=O) groups excluding carboxylic acids is 2. The maximum Gasteiger partial charge on any atom is 0.319 e. The van der Waals surface area contributed by atoms with E-state index in [4.69, 9.17) is 4.74 Å². The zero-order chi connectivity index (χ0) is 23.6. The van der Waals surface area contributed by atoms with E-state index in [1.807, 2.05) is 24.3 Å². The lowest BCUT2D eigenvalue weighted by Crippen LogP contribution is -2.49. The second kappa shape index (κ2) is 11.6. The number of nitrogens with one attached hydrogen (secondary N) is 2. The van der Waals surface area contributed by atoms with Crippen LogP contribution in [0.2, 0.25) is 0 Å². The van der Waals surface area contributed by atoms with Gasteiger partial charge in [-0.2, -0.15) is 0 Å². The Bertz CT molecular complexity index is 1070. The number of aromatic nitrogens is 3. The predicted octanol–water partition coefficient (Wildman–Crippen LogP) is 2.31. The molecule has 1 fully saturated rings. The first-order chi connectivity index (χ1) is 16.7. The number of hydrogen-bond acceptors (Lipinski definition) is 7. The molecule has 0 aliphatic carbocycles. The molecule has 176 valence electrons. The predicted molar refractivity (Wildman–Crippen MR) is 127 cm³/mol. The van der Waals surface area contributed by atoms with Gasteiger partial charge in [0.1, 0.15) is 12.4 Å². The second-order valence-electron chi connectivity index (χ2n) is 7.69. The third kappa shape index (κ3) is 6.64. The lowest BCUT2D eigenvalue weighted by molar-refractivity contribution is -0.131. The van der Waals surface area contributed by atoms with Crippen molar-refractivity contribution in [1.29, 1.82) is 0 Å². The van der Waals surface area contributed by atoms with Gasteiger partial charge in [0.05, 0.1) is 5.69 Å². The molecule has 34 heavy (non-hydrogen) atoms. The Labute approximate surface area is 198 Å². The summed E-state index contributed by atoms with van der Waals surface area (Å²) < 4.78 is 5.73. The van der Waals surface area contributed by atoms with Crippen LogP contribution in [0.4, 0.5) is 16.4 Å². The van der Waals surface area contributed by atoms with Gasteiger partial charge < -0.3 is 25.2 Å². The Hall–Kier alpha value is -4.21. The fraction of sp³-hybridized carbons (Fsp3) is 0.292. The van der Waals surface area contributed by atoms with Crippen molar-refractivity contribution in [3.63, 3.8) is 0 Å². The molecule has 0 atom stereocenters. The molecule has 0 unspecified atom stereocenters. The van der Waals surface area contributed by atoms with Crippen LogP contribution in [0.1, 0.15) is 12.1 Å². The minimum absolute atomic E-state index is 0.0128. The van der Waals surface area contributed by atoms with E-state index in [1.54, 1.807) is 47.8 Å². The number of urea groups is 1. The summed E-state index contributed by atoms with van der Waals surface area (Å²) in [6, 6.07) is 14.2. The highest BCUT2D eigenvalue weighted by atomic mass is 16.5. The molecule has 0 spiro atoms. The van der Waals surface area contributed by atoms with Crippen LogP contribution in [0.5, 0.6) is 5.75 Å². The van der Waals surface area contributed by atoms with Gasteiger partial charge in [0.15, 0.2) is 0 Å². The maximum absolute atomic E-state index is 12.5. The SMILES string of the molecule is O=C(NCCC(=O)N1CCN(c2ncccn2)CC1)Nc1cccc(OCc2ccccn2)c1. The lowest BCUT2D eigenvalue weighted by atomic mass is 10.3. The molecular weight excluding hydrogens is 434 g/mol. The van der Waals surface area contributed by atoms with Crippen LogP contribution >= 0.6 is 0 Å². The molecule has 3 heterocycles. The monoisotopic (exact) mass is 461 g/mol. The highest BCUT2D eigenvalue weighted by Crippen LogP contribution is 2.18. The van der Waals surface area contributed by atoms with E-state index in [0.717, 1.165) is 5.69 Å². The van der Waals surface area contributed by atoms with Crippen LogP contribution in [0, 0.1) is 0 Å². The molecule has 4 rings (SSSR count). The first kappa shape index (κ1) is 23.0.